The van der Waals surface area contributed by atoms with Gasteiger partial charge in [-0.05, 0) is 55.1 Å². The number of amides is 2. The second-order valence-electron chi connectivity index (χ2n) is 9.36. The third-order valence-electron chi connectivity index (χ3n) is 6.85. The average Bonchev–Trinajstić information content (AvgIpc) is 3.12. The van der Waals surface area contributed by atoms with Crippen LogP contribution in [0.3, 0.4) is 0 Å². The van der Waals surface area contributed by atoms with Gasteiger partial charge in [-0.15, -0.1) is 0 Å². The van der Waals surface area contributed by atoms with Crippen LogP contribution in [-0.2, 0) is 16.1 Å². The minimum absolute atomic E-state index is 0.0535. The van der Waals surface area contributed by atoms with E-state index in [1.54, 1.807) is 7.11 Å². The summed E-state index contributed by atoms with van der Waals surface area (Å²) >= 11 is 1.82. The van der Waals surface area contributed by atoms with E-state index in [4.69, 9.17) is 4.74 Å². The van der Waals surface area contributed by atoms with Crippen LogP contribution < -0.4 is 15.4 Å². The van der Waals surface area contributed by atoms with Crippen molar-refractivity contribution in [3.05, 3.63) is 29.8 Å². The normalized spacial score (nSPS) is 19.0. The van der Waals surface area contributed by atoms with Crippen LogP contribution in [0.25, 0.3) is 0 Å². The van der Waals surface area contributed by atoms with Crippen LogP contribution in [0.1, 0.15) is 76.2 Å². The lowest BCUT2D eigenvalue weighted by Gasteiger charge is -2.24. The number of ether oxygens (including phenoxy) is 1. The number of methoxy groups -OCH3 is 1. The Balaban J connectivity index is 1.54. The quantitative estimate of drug-likeness (QED) is 0.478. The molecule has 1 aromatic carbocycles. The predicted molar refractivity (Wildman–Crippen MR) is 132 cm³/mol. The van der Waals surface area contributed by atoms with E-state index in [2.05, 4.69) is 10.6 Å². The van der Waals surface area contributed by atoms with Crippen LogP contribution in [0.4, 0.5) is 0 Å². The molecule has 0 unspecified atom stereocenters. The average molecular weight is 461 g/mol. The molecule has 5 nitrogen and oxygen atoms in total. The second-order valence-corrected chi connectivity index (χ2v) is 10.4. The fourth-order valence-electron chi connectivity index (χ4n) is 4.78. The molecule has 0 saturated heterocycles. The minimum atomic E-state index is -0.474. The van der Waals surface area contributed by atoms with Gasteiger partial charge in [-0.25, -0.2) is 0 Å². The largest absolute Gasteiger partial charge is 0.497 e. The molecule has 0 radical (unpaired) electrons. The lowest BCUT2D eigenvalue weighted by molar-refractivity contribution is -0.131. The summed E-state index contributed by atoms with van der Waals surface area (Å²) in [6.45, 7) is 0.450. The lowest BCUT2D eigenvalue weighted by Crippen LogP contribution is -2.49. The monoisotopic (exact) mass is 460 g/mol. The summed E-state index contributed by atoms with van der Waals surface area (Å²) in [5.74, 6) is 3.32. The Morgan fingerprint density at radius 3 is 2.25 bits per heavy atom. The van der Waals surface area contributed by atoms with Crippen LogP contribution in [-0.4, -0.2) is 36.5 Å². The highest BCUT2D eigenvalue weighted by Gasteiger charge is 2.26. The topological polar surface area (TPSA) is 67.4 Å². The van der Waals surface area contributed by atoms with Gasteiger partial charge in [0.15, 0.2) is 0 Å². The fourth-order valence-corrected chi connectivity index (χ4v) is 6.05. The highest BCUT2D eigenvalue weighted by atomic mass is 32.2. The van der Waals surface area contributed by atoms with Crippen molar-refractivity contribution in [3.63, 3.8) is 0 Å². The van der Waals surface area contributed by atoms with Crippen molar-refractivity contribution in [2.75, 3.05) is 18.6 Å². The number of thioether (sulfide) groups is 1. The van der Waals surface area contributed by atoms with Gasteiger partial charge < -0.3 is 15.4 Å². The molecule has 2 saturated carbocycles. The summed E-state index contributed by atoms with van der Waals surface area (Å²) in [7, 11) is 1.64. The first kappa shape index (κ1) is 24.9. The number of hydrogen-bond acceptors (Lipinski definition) is 4. The van der Waals surface area contributed by atoms with Gasteiger partial charge in [0, 0.05) is 18.2 Å². The molecule has 0 spiro atoms. The summed E-state index contributed by atoms with van der Waals surface area (Å²) in [5, 5.41) is 6.15. The molecule has 2 amide bonds. The number of carbonyl (C=O) groups is 2. The van der Waals surface area contributed by atoms with Crippen LogP contribution in [0, 0.1) is 11.8 Å². The van der Waals surface area contributed by atoms with Gasteiger partial charge in [0.1, 0.15) is 11.8 Å². The fraction of sp³-hybridized carbons (Fsp3) is 0.692. The number of rotatable bonds is 10. The summed E-state index contributed by atoms with van der Waals surface area (Å²) in [4.78, 5) is 26.0. The Kier molecular flexibility index (Phi) is 10.7. The van der Waals surface area contributed by atoms with Gasteiger partial charge in [-0.2, -0.15) is 11.8 Å². The molecule has 6 heteroatoms. The summed E-state index contributed by atoms with van der Waals surface area (Å²) in [5.41, 5.74) is 1.02. The summed E-state index contributed by atoms with van der Waals surface area (Å²) in [6.07, 6.45) is 13.2. The molecule has 1 atom stereocenters. The van der Waals surface area contributed by atoms with Gasteiger partial charge in [-0.3, -0.25) is 9.59 Å². The summed E-state index contributed by atoms with van der Waals surface area (Å²) in [6, 6.07) is 7.23. The molecule has 178 valence electrons. The van der Waals surface area contributed by atoms with Gasteiger partial charge in [0.25, 0.3) is 0 Å². The Morgan fingerprint density at radius 1 is 0.969 bits per heavy atom. The zero-order valence-electron chi connectivity index (χ0n) is 19.6. The van der Waals surface area contributed by atoms with Crippen molar-refractivity contribution in [2.24, 2.45) is 11.8 Å². The number of nitrogens with one attached hydrogen (secondary N) is 2. The minimum Gasteiger partial charge on any atom is -0.497 e. The van der Waals surface area contributed by atoms with Gasteiger partial charge in [0.2, 0.25) is 11.8 Å². The molecule has 0 heterocycles. The Labute approximate surface area is 197 Å². The second kappa shape index (κ2) is 13.8. The first-order valence-electron chi connectivity index (χ1n) is 12.4. The number of hydrogen-bond donors (Lipinski definition) is 2. The third-order valence-corrected chi connectivity index (χ3v) is 8.12. The summed E-state index contributed by atoms with van der Waals surface area (Å²) < 4.78 is 5.20. The molecular formula is C26H40N2O3S. The van der Waals surface area contributed by atoms with Crippen LogP contribution in [0.15, 0.2) is 24.3 Å². The van der Waals surface area contributed by atoms with E-state index in [0.717, 1.165) is 48.7 Å². The van der Waals surface area contributed by atoms with E-state index < -0.39 is 6.04 Å². The van der Waals surface area contributed by atoms with E-state index >= 15 is 0 Å². The van der Waals surface area contributed by atoms with E-state index in [1.807, 2.05) is 36.0 Å². The molecule has 2 N–H and O–H groups in total. The third kappa shape index (κ3) is 8.34. The van der Waals surface area contributed by atoms with Gasteiger partial charge in [0.05, 0.1) is 7.11 Å². The Bertz CT molecular complexity index is 696. The first-order valence-corrected chi connectivity index (χ1v) is 13.6. The van der Waals surface area contributed by atoms with Crippen molar-refractivity contribution in [1.82, 2.24) is 10.6 Å². The molecule has 0 aliphatic heterocycles. The maximum atomic E-state index is 13.0. The molecule has 2 fully saturated rings. The maximum absolute atomic E-state index is 13.0. The number of benzene rings is 1. The zero-order valence-corrected chi connectivity index (χ0v) is 20.4. The van der Waals surface area contributed by atoms with Crippen LogP contribution in [0.2, 0.25) is 0 Å². The van der Waals surface area contributed by atoms with E-state index in [0.29, 0.717) is 12.3 Å². The molecule has 0 bridgehead atoms. The standard InChI is InChI=1S/C26H40N2O3S/c1-31-23-15-13-20(14-16-23)17-27-26(30)24(19-32-18-21-9-5-4-6-10-21)28-25(29)22-11-7-2-3-8-12-22/h13-16,21-22,24H,2-12,17-19H2,1H3,(H,27,30)(H,28,29)/t24-/m0/s1. The van der Waals surface area contributed by atoms with E-state index in [-0.39, 0.29) is 17.7 Å². The SMILES string of the molecule is COc1ccc(CNC(=O)[C@H](CSCC2CCCCC2)NC(=O)C2CCCCCC2)cc1. The van der Waals surface area contributed by atoms with Crippen molar-refractivity contribution in [3.8, 4) is 5.75 Å². The van der Waals surface area contributed by atoms with Crippen LogP contribution >= 0.6 is 11.8 Å². The number of carbonyl (C=O) groups excluding carboxylic acids is 2. The highest BCUT2D eigenvalue weighted by Crippen LogP contribution is 2.27. The maximum Gasteiger partial charge on any atom is 0.243 e. The van der Waals surface area contributed by atoms with Crippen molar-refractivity contribution >= 4 is 23.6 Å². The van der Waals surface area contributed by atoms with Gasteiger partial charge >= 0.3 is 0 Å². The highest BCUT2D eigenvalue weighted by molar-refractivity contribution is 7.99. The molecule has 0 aromatic heterocycles. The van der Waals surface area contributed by atoms with Crippen molar-refractivity contribution in [2.45, 2.75) is 83.2 Å². The van der Waals surface area contributed by atoms with E-state index in [1.165, 1.54) is 44.9 Å². The Morgan fingerprint density at radius 2 is 1.59 bits per heavy atom. The lowest BCUT2D eigenvalue weighted by atomic mass is 9.91. The molecule has 2 aliphatic carbocycles. The predicted octanol–water partition coefficient (Wildman–Crippen LogP) is 5.08. The van der Waals surface area contributed by atoms with Gasteiger partial charge in [-0.1, -0.05) is 57.1 Å². The molecule has 2 aliphatic rings. The van der Waals surface area contributed by atoms with Crippen molar-refractivity contribution in [1.29, 1.82) is 0 Å². The first-order chi connectivity index (χ1) is 15.7. The van der Waals surface area contributed by atoms with Crippen LogP contribution in [0.5, 0.6) is 5.75 Å². The van der Waals surface area contributed by atoms with E-state index in [9.17, 15) is 9.59 Å². The molecule has 32 heavy (non-hydrogen) atoms. The zero-order chi connectivity index (χ0) is 22.6. The molecule has 3 rings (SSSR count). The smallest absolute Gasteiger partial charge is 0.243 e. The Hall–Kier alpha value is -1.69. The molecule has 1 aromatic rings. The van der Waals surface area contributed by atoms with Crippen molar-refractivity contribution < 1.29 is 14.3 Å². The molecular weight excluding hydrogens is 420 g/mol.